The first kappa shape index (κ1) is 18.8. The van der Waals surface area contributed by atoms with Crippen LogP contribution in [0.4, 0.5) is 11.5 Å². The van der Waals surface area contributed by atoms with Crippen LogP contribution in [0.15, 0.2) is 38.8 Å². The van der Waals surface area contributed by atoms with Crippen LogP contribution in [0.25, 0.3) is 5.69 Å². The Kier molecular flexibility index (Phi) is 4.48. The molecular formula is C14H14N8O5S. The zero-order valence-corrected chi connectivity index (χ0v) is 15.1. The van der Waals surface area contributed by atoms with E-state index in [9.17, 15) is 22.8 Å². The SMILES string of the molecule is Cc1[nH]c(=O)[nH]c(=O)c1S(=O)(=O)Nc1ccc(-n2nnc(C(N)=O)c2N)cc1. The van der Waals surface area contributed by atoms with Gasteiger partial charge in [0.05, 0.1) is 5.69 Å². The Bertz CT molecular complexity index is 1290. The van der Waals surface area contributed by atoms with Gasteiger partial charge in [-0.3, -0.25) is 19.3 Å². The number of primary amides is 1. The number of amides is 1. The molecule has 1 aromatic carbocycles. The van der Waals surface area contributed by atoms with Gasteiger partial charge in [-0.05, 0) is 31.2 Å². The van der Waals surface area contributed by atoms with E-state index >= 15 is 0 Å². The third kappa shape index (κ3) is 3.35. The van der Waals surface area contributed by atoms with Crippen molar-refractivity contribution in [1.82, 2.24) is 25.0 Å². The number of aromatic amines is 2. The molecular weight excluding hydrogens is 392 g/mol. The van der Waals surface area contributed by atoms with Gasteiger partial charge in [0, 0.05) is 11.4 Å². The summed E-state index contributed by atoms with van der Waals surface area (Å²) in [6.45, 7) is 1.29. The van der Waals surface area contributed by atoms with Crippen LogP contribution in [0, 0.1) is 6.92 Å². The Morgan fingerprint density at radius 1 is 1.18 bits per heavy atom. The number of aromatic nitrogens is 5. The van der Waals surface area contributed by atoms with Crippen molar-refractivity contribution < 1.29 is 13.2 Å². The molecule has 0 aliphatic heterocycles. The van der Waals surface area contributed by atoms with Crippen LogP contribution in [-0.2, 0) is 10.0 Å². The highest BCUT2D eigenvalue weighted by molar-refractivity contribution is 7.92. The molecule has 0 radical (unpaired) electrons. The Morgan fingerprint density at radius 2 is 1.82 bits per heavy atom. The van der Waals surface area contributed by atoms with Gasteiger partial charge >= 0.3 is 5.69 Å². The second-order valence-electron chi connectivity index (χ2n) is 5.61. The zero-order valence-electron chi connectivity index (χ0n) is 14.3. The normalized spacial score (nSPS) is 11.3. The van der Waals surface area contributed by atoms with E-state index in [4.69, 9.17) is 11.5 Å². The van der Waals surface area contributed by atoms with Gasteiger partial charge in [-0.2, -0.15) is 4.68 Å². The average molecular weight is 406 g/mol. The van der Waals surface area contributed by atoms with Crippen molar-refractivity contribution in [2.75, 3.05) is 10.5 Å². The number of hydrogen-bond acceptors (Lipinski definition) is 8. The summed E-state index contributed by atoms with van der Waals surface area (Å²) < 4.78 is 28.4. The van der Waals surface area contributed by atoms with Gasteiger partial charge in [0.2, 0.25) is 0 Å². The molecule has 0 unspecified atom stereocenters. The van der Waals surface area contributed by atoms with Crippen molar-refractivity contribution in [1.29, 1.82) is 0 Å². The van der Waals surface area contributed by atoms with E-state index in [0.717, 1.165) is 4.68 Å². The van der Waals surface area contributed by atoms with Gasteiger partial charge in [0.15, 0.2) is 16.4 Å². The summed E-state index contributed by atoms with van der Waals surface area (Å²) in [5, 5.41) is 7.29. The lowest BCUT2D eigenvalue weighted by Gasteiger charge is -2.10. The molecule has 0 aliphatic carbocycles. The van der Waals surface area contributed by atoms with E-state index in [0.29, 0.717) is 5.69 Å². The van der Waals surface area contributed by atoms with Crippen LogP contribution in [0.2, 0.25) is 0 Å². The van der Waals surface area contributed by atoms with Crippen LogP contribution in [-0.4, -0.2) is 39.3 Å². The maximum Gasteiger partial charge on any atom is 0.325 e. The first-order valence-corrected chi connectivity index (χ1v) is 9.06. The van der Waals surface area contributed by atoms with Gasteiger partial charge in [-0.15, -0.1) is 5.10 Å². The van der Waals surface area contributed by atoms with Gasteiger partial charge in [-0.1, -0.05) is 5.21 Å². The van der Waals surface area contributed by atoms with E-state index in [1.807, 2.05) is 4.98 Å². The van der Waals surface area contributed by atoms with Crippen molar-refractivity contribution in [3.05, 3.63) is 56.5 Å². The molecule has 14 heteroatoms. The van der Waals surface area contributed by atoms with E-state index in [2.05, 4.69) is 20.0 Å². The minimum atomic E-state index is -4.27. The van der Waals surface area contributed by atoms with Gasteiger partial charge < -0.3 is 16.5 Å². The number of benzene rings is 1. The maximum absolute atomic E-state index is 12.5. The standard InChI is InChI=1S/C14H14N8O5S/c1-6-10(13(24)18-14(25)17-6)28(26,27)20-7-2-4-8(5-3-7)22-11(15)9(12(16)23)19-21-22/h2-5,20H,15H2,1H3,(H2,16,23)(H2,17,18,24,25). The molecule has 0 spiro atoms. The Hall–Kier alpha value is -3.94. The van der Waals surface area contributed by atoms with Crippen LogP contribution in [0.5, 0.6) is 0 Å². The summed E-state index contributed by atoms with van der Waals surface area (Å²) in [6, 6.07) is 5.68. The van der Waals surface area contributed by atoms with Crippen LogP contribution in [0.1, 0.15) is 16.2 Å². The molecule has 1 amide bonds. The lowest BCUT2D eigenvalue weighted by molar-refractivity contribution is 0.0996. The van der Waals surface area contributed by atoms with Crippen molar-refractivity contribution >= 4 is 27.4 Å². The Labute approximate surface area is 156 Å². The highest BCUT2D eigenvalue weighted by atomic mass is 32.2. The van der Waals surface area contributed by atoms with Crippen molar-refractivity contribution in [2.45, 2.75) is 11.8 Å². The number of nitrogens with zero attached hydrogens (tertiary/aromatic N) is 3. The molecule has 0 aliphatic rings. The van der Waals surface area contributed by atoms with Gasteiger partial charge in [0.25, 0.3) is 21.5 Å². The molecule has 0 bridgehead atoms. The number of rotatable bonds is 5. The molecule has 2 aromatic heterocycles. The zero-order chi connectivity index (χ0) is 20.6. The highest BCUT2D eigenvalue weighted by Gasteiger charge is 2.22. The van der Waals surface area contributed by atoms with E-state index < -0.39 is 32.1 Å². The van der Waals surface area contributed by atoms with Crippen molar-refractivity contribution in [2.24, 2.45) is 5.73 Å². The molecule has 13 nitrogen and oxygen atoms in total. The van der Waals surface area contributed by atoms with Crippen LogP contribution < -0.4 is 27.4 Å². The minimum absolute atomic E-state index is 0.0729. The van der Waals surface area contributed by atoms with Gasteiger partial charge in [0.1, 0.15) is 0 Å². The molecule has 3 aromatic rings. The molecule has 2 heterocycles. The quantitative estimate of drug-likeness (QED) is 0.333. The number of nitrogens with two attached hydrogens (primary N) is 2. The smallest absolute Gasteiger partial charge is 0.325 e. The number of H-pyrrole nitrogens is 2. The molecule has 0 atom stereocenters. The number of nitrogens with one attached hydrogen (secondary N) is 3. The van der Waals surface area contributed by atoms with E-state index in [-0.39, 0.29) is 22.9 Å². The third-order valence-corrected chi connectivity index (χ3v) is 5.18. The van der Waals surface area contributed by atoms with Crippen LogP contribution >= 0.6 is 0 Å². The lowest BCUT2D eigenvalue weighted by Crippen LogP contribution is -2.31. The van der Waals surface area contributed by atoms with Gasteiger partial charge in [-0.25, -0.2) is 13.2 Å². The maximum atomic E-state index is 12.5. The molecule has 146 valence electrons. The third-order valence-electron chi connectivity index (χ3n) is 3.65. The predicted octanol–water partition coefficient (Wildman–Crippen LogP) is -1.57. The average Bonchev–Trinajstić information content (AvgIpc) is 2.95. The number of aryl methyl sites for hydroxylation is 1. The molecule has 0 saturated heterocycles. The molecule has 0 saturated carbocycles. The first-order chi connectivity index (χ1) is 13.1. The Morgan fingerprint density at radius 3 is 2.36 bits per heavy atom. The van der Waals surface area contributed by atoms with Crippen LogP contribution in [0.3, 0.4) is 0 Å². The lowest BCUT2D eigenvalue weighted by atomic mass is 10.3. The summed E-state index contributed by atoms with van der Waals surface area (Å²) in [4.78, 5) is 37.7. The number of carbonyl (C=O) groups excluding carboxylic acids is 1. The van der Waals surface area contributed by atoms with E-state index in [1.165, 1.54) is 31.2 Å². The van der Waals surface area contributed by atoms with E-state index in [1.54, 1.807) is 0 Å². The fraction of sp³-hybridized carbons (Fsp3) is 0.0714. The summed E-state index contributed by atoms with van der Waals surface area (Å²) in [7, 11) is -4.27. The summed E-state index contributed by atoms with van der Waals surface area (Å²) in [5.74, 6) is -0.911. The summed E-state index contributed by atoms with van der Waals surface area (Å²) in [6.07, 6.45) is 0. The summed E-state index contributed by atoms with van der Waals surface area (Å²) >= 11 is 0. The predicted molar refractivity (Wildman–Crippen MR) is 97.5 cm³/mol. The summed E-state index contributed by atoms with van der Waals surface area (Å²) in [5.41, 5.74) is 9.24. The highest BCUT2D eigenvalue weighted by Crippen LogP contribution is 2.19. The largest absolute Gasteiger partial charge is 0.382 e. The number of sulfonamides is 1. The number of anilines is 2. The second kappa shape index (κ2) is 6.66. The molecule has 28 heavy (non-hydrogen) atoms. The number of nitrogen functional groups attached to an aromatic ring is 1. The second-order valence-corrected chi connectivity index (χ2v) is 7.23. The monoisotopic (exact) mass is 406 g/mol. The topological polar surface area (TPSA) is 212 Å². The molecule has 3 rings (SSSR count). The first-order valence-electron chi connectivity index (χ1n) is 7.57. The van der Waals surface area contributed by atoms with Crippen molar-refractivity contribution in [3.63, 3.8) is 0 Å². The fourth-order valence-electron chi connectivity index (χ4n) is 2.44. The fourth-order valence-corrected chi connectivity index (χ4v) is 3.74. The van der Waals surface area contributed by atoms with Crippen molar-refractivity contribution in [3.8, 4) is 5.69 Å². The minimum Gasteiger partial charge on any atom is -0.382 e. The number of hydrogen-bond donors (Lipinski definition) is 5. The Balaban J connectivity index is 1.92. The molecule has 7 N–H and O–H groups in total. The molecule has 0 fully saturated rings. The number of carbonyl (C=O) groups is 1.